The van der Waals surface area contributed by atoms with E-state index in [4.69, 9.17) is 5.26 Å². The Hall–Kier alpha value is -2.05. The first-order valence-electron chi connectivity index (χ1n) is 6.82. The average molecular weight is 345 g/mol. The standard InChI is InChI=1S/C14H17F2N3O3S/c1-4-19(8-13(20)18-9(2)3)23(21,22)14-11(15)5-10(7-17)6-12(14)16/h5-6,9H,4,8H2,1-3H3,(H,18,20). The van der Waals surface area contributed by atoms with Gasteiger partial charge in [0.15, 0.2) is 4.90 Å². The van der Waals surface area contributed by atoms with E-state index in [2.05, 4.69) is 5.32 Å². The number of carbonyl (C=O) groups excluding carboxylic acids is 1. The van der Waals surface area contributed by atoms with Gasteiger partial charge in [-0.2, -0.15) is 9.57 Å². The number of nitrogens with one attached hydrogen (secondary N) is 1. The molecule has 0 heterocycles. The van der Waals surface area contributed by atoms with E-state index in [0.29, 0.717) is 16.4 Å². The van der Waals surface area contributed by atoms with Crippen molar-refractivity contribution in [3.63, 3.8) is 0 Å². The summed E-state index contributed by atoms with van der Waals surface area (Å²) in [6.07, 6.45) is 0. The minimum atomic E-state index is -4.56. The first-order valence-corrected chi connectivity index (χ1v) is 8.26. The van der Waals surface area contributed by atoms with Gasteiger partial charge in [-0.25, -0.2) is 17.2 Å². The molecular formula is C14H17F2N3O3S. The summed E-state index contributed by atoms with van der Waals surface area (Å²) in [5.74, 6) is -3.33. The highest BCUT2D eigenvalue weighted by Crippen LogP contribution is 2.24. The molecule has 126 valence electrons. The van der Waals surface area contributed by atoms with E-state index in [1.807, 2.05) is 0 Å². The van der Waals surface area contributed by atoms with Gasteiger partial charge in [0.05, 0.1) is 18.2 Å². The van der Waals surface area contributed by atoms with Crippen LogP contribution in [0, 0.1) is 23.0 Å². The zero-order valence-corrected chi connectivity index (χ0v) is 13.7. The van der Waals surface area contributed by atoms with Crippen LogP contribution in [0.15, 0.2) is 17.0 Å². The second-order valence-corrected chi connectivity index (χ2v) is 6.91. The van der Waals surface area contributed by atoms with Crippen LogP contribution >= 0.6 is 0 Å². The Labute approximate surface area is 133 Å². The van der Waals surface area contributed by atoms with Gasteiger partial charge >= 0.3 is 0 Å². The number of nitriles is 1. The van der Waals surface area contributed by atoms with E-state index in [9.17, 15) is 22.0 Å². The molecule has 9 heteroatoms. The molecule has 0 saturated heterocycles. The summed E-state index contributed by atoms with van der Waals surface area (Å²) in [6, 6.07) is 2.60. The van der Waals surface area contributed by atoms with Gasteiger partial charge in [-0.05, 0) is 26.0 Å². The van der Waals surface area contributed by atoms with Crippen LogP contribution in [0.2, 0.25) is 0 Å². The molecule has 0 spiro atoms. The van der Waals surface area contributed by atoms with Crippen LogP contribution in [0.5, 0.6) is 0 Å². The molecule has 0 fully saturated rings. The summed E-state index contributed by atoms with van der Waals surface area (Å²) in [5.41, 5.74) is -0.334. The number of carbonyl (C=O) groups is 1. The summed E-state index contributed by atoms with van der Waals surface area (Å²) in [5, 5.41) is 11.1. The SMILES string of the molecule is CCN(CC(=O)NC(C)C)S(=O)(=O)c1c(F)cc(C#N)cc1F. The fourth-order valence-corrected chi connectivity index (χ4v) is 3.39. The monoisotopic (exact) mass is 345 g/mol. The first kappa shape index (κ1) is 19.0. The summed E-state index contributed by atoms with van der Waals surface area (Å²) in [7, 11) is -4.56. The summed E-state index contributed by atoms with van der Waals surface area (Å²) in [6.45, 7) is 4.13. The minimum Gasteiger partial charge on any atom is -0.353 e. The van der Waals surface area contributed by atoms with Gasteiger partial charge in [0.25, 0.3) is 0 Å². The highest BCUT2D eigenvalue weighted by atomic mass is 32.2. The van der Waals surface area contributed by atoms with Gasteiger partial charge < -0.3 is 5.32 Å². The number of nitrogens with zero attached hydrogens (tertiary/aromatic N) is 2. The maximum absolute atomic E-state index is 13.9. The Morgan fingerprint density at radius 3 is 2.26 bits per heavy atom. The maximum Gasteiger partial charge on any atom is 0.249 e. The molecule has 6 nitrogen and oxygen atoms in total. The lowest BCUT2D eigenvalue weighted by molar-refractivity contribution is -0.121. The molecule has 23 heavy (non-hydrogen) atoms. The number of amides is 1. The van der Waals surface area contributed by atoms with Gasteiger partial charge in [0.1, 0.15) is 11.6 Å². The topological polar surface area (TPSA) is 90.3 Å². The predicted octanol–water partition coefficient (Wildman–Crippen LogP) is 1.37. The van der Waals surface area contributed by atoms with Crippen LogP contribution in [0.3, 0.4) is 0 Å². The molecule has 0 atom stereocenters. The molecule has 0 unspecified atom stereocenters. The van der Waals surface area contributed by atoms with Gasteiger partial charge in [0.2, 0.25) is 15.9 Å². The average Bonchev–Trinajstić information content (AvgIpc) is 2.42. The molecule has 0 radical (unpaired) electrons. The highest BCUT2D eigenvalue weighted by Gasteiger charge is 2.31. The normalized spacial score (nSPS) is 11.6. The molecule has 0 aliphatic carbocycles. The van der Waals surface area contributed by atoms with Gasteiger partial charge in [-0.3, -0.25) is 4.79 Å². The maximum atomic E-state index is 13.9. The van der Waals surface area contributed by atoms with Crippen LogP contribution in [-0.2, 0) is 14.8 Å². The molecule has 1 aromatic carbocycles. The van der Waals surface area contributed by atoms with Crippen molar-refractivity contribution in [1.82, 2.24) is 9.62 Å². The van der Waals surface area contributed by atoms with Gasteiger partial charge in [-0.15, -0.1) is 0 Å². The lowest BCUT2D eigenvalue weighted by Crippen LogP contribution is -2.43. The van der Waals surface area contributed by atoms with Crippen molar-refractivity contribution >= 4 is 15.9 Å². The molecule has 1 N–H and O–H groups in total. The van der Waals surface area contributed by atoms with Crippen molar-refractivity contribution in [2.45, 2.75) is 31.7 Å². The summed E-state index contributed by atoms with van der Waals surface area (Å²) in [4.78, 5) is 10.6. The second kappa shape index (κ2) is 7.48. The van der Waals surface area contributed by atoms with Crippen LogP contribution < -0.4 is 5.32 Å². The Morgan fingerprint density at radius 2 is 1.87 bits per heavy atom. The predicted molar refractivity (Wildman–Crippen MR) is 78.8 cm³/mol. The molecular weight excluding hydrogens is 328 g/mol. The van der Waals surface area contributed by atoms with Crippen LogP contribution in [0.4, 0.5) is 8.78 Å². The third-order valence-corrected chi connectivity index (χ3v) is 4.82. The largest absolute Gasteiger partial charge is 0.353 e. The third-order valence-electron chi connectivity index (χ3n) is 2.85. The van der Waals surface area contributed by atoms with Crippen molar-refractivity contribution in [3.8, 4) is 6.07 Å². The van der Waals surface area contributed by atoms with Crippen molar-refractivity contribution in [1.29, 1.82) is 5.26 Å². The Balaban J connectivity index is 3.24. The third kappa shape index (κ3) is 4.46. The van der Waals surface area contributed by atoms with Crippen molar-refractivity contribution < 1.29 is 22.0 Å². The minimum absolute atomic E-state index is 0.146. The van der Waals surface area contributed by atoms with Crippen molar-refractivity contribution in [3.05, 3.63) is 29.3 Å². The van der Waals surface area contributed by atoms with Crippen molar-refractivity contribution in [2.75, 3.05) is 13.1 Å². The fourth-order valence-electron chi connectivity index (χ4n) is 1.89. The molecule has 0 aliphatic rings. The molecule has 0 saturated carbocycles. The molecule has 1 aromatic rings. The van der Waals surface area contributed by atoms with E-state index >= 15 is 0 Å². The van der Waals surface area contributed by atoms with Crippen LogP contribution in [0.25, 0.3) is 0 Å². The molecule has 0 aromatic heterocycles. The summed E-state index contributed by atoms with van der Waals surface area (Å²) >= 11 is 0. The van der Waals surface area contributed by atoms with E-state index in [1.165, 1.54) is 13.0 Å². The van der Waals surface area contributed by atoms with Crippen LogP contribution in [-0.4, -0.2) is 37.8 Å². The van der Waals surface area contributed by atoms with Crippen LogP contribution in [0.1, 0.15) is 26.3 Å². The zero-order valence-electron chi connectivity index (χ0n) is 12.9. The quantitative estimate of drug-likeness (QED) is 0.843. The number of likely N-dealkylation sites (N-methyl/N-ethyl adjacent to an activating group) is 1. The number of halogens is 2. The Morgan fingerprint density at radius 1 is 1.35 bits per heavy atom. The molecule has 0 aliphatic heterocycles. The first-order chi connectivity index (χ1) is 10.6. The van der Waals surface area contributed by atoms with E-state index in [-0.39, 0.29) is 18.2 Å². The van der Waals surface area contributed by atoms with E-state index in [1.54, 1.807) is 13.8 Å². The number of hydrogen-bond donors (Lipinski definition) is 1. The number of sulfonamides is 1. The smallest absolute Gasteiger partial charge is 0.249 e. The number of rotatable bonds is 6. The molecule has 1 amide bonds. The zero-order chi connectivity index (χ0) is 17.8. The van der Waals surface area contributed by atoms with Gasteiger partial charge in [0, 0.05) is 12.6 Å². The van der Waals surface area contributed by atoms with Gasteiger partial charge in [-0.1, -0.05) is 6.92 Å². The fraction of sp³-hybridized carbons (Fsp3) is 0.429. The second-order valence-electron chi connectivity index (χ2n) is 5.03. The Kier molecular flexibility index (Phi) is 6.18. The van der Waals surface area contributed by atoms with Crippen molar-refractivity contribution in [2.24, 2.45) is 0 Å². The molecule has 0 bridgehead atoms. The Bertz CT molecular complexity index is 719. The lowest BCUT2D eigenvalue weighted by Gasteiger charge is -2.21. The molecule has 1 rings (SSSR count). The number of benzene rings is 1. The van der Waals surface area contributed by atoms with E-state index in [0.717, 1.165) is 0 Å². The lowest BCUT2D eigenvalue weighted by atomic mass is 10.2. The highest BCUT2D eigenvalue weighted by molar-refractivity contribution is 7.89. The number of hydrogen-bond acceptors (Lipinski definition) is 4. The van der Waals surface area contributed by atoms with E-state index < -0.39 is 39.0 Å². The summed E-state index contributed by atoms with van der Waals surface area (Å²) < 4.78 is 53.4.